The molecule has 0 aliphatic rings. The van der Waals surface area contributed by atoms with E-state index in [0.29, 0.717) is 5.02 Å². The van der Waals surface area contributed by atoms with Crippen LogP contribution in [0.3, 0.4) is 0 Å². The molecule has 16 heavy (non-hydrogen) atoms. The quantitative estimate of drug-likeness (QED) is 0.522. The highest BCUT2D eigenvalue weighted by atomic mass is 35.5. The van der Waals surface area contributed by atoms with Crippen LogP contribution in [-0.4, -0.2) is 16.1 Å². The van der Waals surface area contributed by atoms with Gasteiger partial charge in [-0.1, -0.05) is 23.4 Å². The minimum atomic E-state index is -0.676. The Hall–Kier alpha value is -0.0900. The highest BCUT2D eigenvalue weighted by Gasteiger charge is 2.19. The van der Waals surface area contributed by atoms with Crippen LogP contribution in [0.15, 0.2) is 29.2 Å². The summed E-state index contributed by atoms with van der Waals surface area (Å²) in [4.78, 5) is 11.2. The van der Waals surface area contributed by atoms with Gasteiger partial charge in [-0.15, -0.1) is 23.2 Å². The third-order valence-electron chi connectivity index (χ3n) is 1.65. The number of thioether (sulfide) groups is 1. The molecular formula is C10H10Cl3NOS. The van der Waals surface area contributed by atoms with Crippen molar-refractivity contribution in [2.45, 2.75) is 22.0 Å². The molecule has 0 fully saturated rings. The fraction of sp³-hybridized carbons (Fsp3) is 0.300. The van der Waals surface area contributed by atoms with Gasteiger partial charge in [0.15, 0.2) is 0 Å². The fourth-order valence-corrected chi connectivity index (χ4v) is 2.48. The van der Waals surface area contributed by atoms with Crippen molar-refractivity contribution >= 4 is 52.5 Å². The molecule has 0 bridgehead atoms. The molecule has 1 aromatic carbocycles. The zero-order valence-electron chi connectivity index (χ0n) is 8.41. The summed E-state index contributed by atoms with van der Waals surface area (Å²) in [6, 6.07) is 7.23. The Morgan fingerprint density at radius 2 is 1.88 bits per heavy atom. The number of rotatable bonds is 4. The van der Waals surface area contributed by atoms with Crippen molar-refractivity contribution in [3.8, 4) is 0 Å². The van der Waals surface area contributed by atoms with E-state index < -0.39 is 4.84 Å². The van der Waals surface area contributed by atoms with Gasteiger partial charge in [-0.3, -0.25) is 4.79 Å². The normalized spacial score (nSPS) is 12.6. The molecule has 88 valence electrons. The van der Waals surface area contributed by atoms with E-state index in [1.54, 1.807) is 12.1 Å². The van der Waals surface area contributed by atoms with Crippen molar-refractivity contribution in [2.24, 2.45) is 0 Å². The van der Waals surface area contributed by atoms with Gasteiger partial charge in [-0.2, -0.15) is 0 Å². The van der Waals surface area contributed by atoms with Gasteiger partial charge in [-0.25, -0.2) is 0 Å². The Bertz CT molecular complexity index is 356. The average Bonchev–Trinajstić information content (AvgIpc) is 2.19. The molecule has 1 aromatic rings. The van der Waals surface area contributed by atoms with E-state index in [-0.39, 0.29) is 11.3 Å². The third-order valence-corrected chi connectivity index (χ3v) is 3.89. The maximum atomic E-state index is 10.9. The van der Waals surface area contributed by atoms with Crippen molar-refractivity contribution in [3.05, 3.63) is 29.3 Å². The van der Waals surface area contributed by atoms with E-state index in [4.69, 9.17) is 34.8 Å². The minimum absolute atomic E-state index is 0.169. The van der Waals surface area contributed by atoms with Crippen LogP contribution in [0, 0.1) is 0 Å². The minimum Gasteiger partial charge on any atom is -0.342 e. The van der Waals surface area contributed by atoms with Crippen LogP contribution in [0.1, 0.15) is 6.92 Å². The standard InChI is InChI=1S/C10H10Cl3NOS/c1-6(15)14-10(9(12)13)16-8-4-2-7(11)3-5-8/h2-5,9-10H,1H3,(H,14,15). The van der Waals surface area contributed by atoms with E-state index in [0.717, 1.165) is 4.90 Å². The Balaban J connectivity index is 2.67. The Kier molecular flexibility index (Phi) is 5.76. The predicted octanol–water partition coefficient (Wildman–Crippen LogP) is 3.70. The highest BCUT2D eigenvalue weighted by Crippen LogP contribution is 2.28. The van der Waals surface area contributed by atoms with Crippen molar-refractivity contribution in [3.63, 3.8) is 0 Å². The van der Waals surface area contributed by atoms with Crippen LogP contribution in [0.4, 0.5) is 0 Å². The van der Waals surface area contributed by atoms with E-state index >= 15 is 0 Å². The van der Waals surface area contributed by atoms with Crippen LogP contribution in [-0.2, 0) is 4.79 Å². The van der Waals surface area contributed by atoms with Gasteiger partial charge < -0.3 is 5.32 Å². The second kappa shape index (κ2) is 6.60. The zero-order valence-corrected chi connectivity index (χ0v) is 11.5. The van der Waals surface area contributed by atoms with E-state index in [2.05, 4.69) is 5.32 Å². The summed E-state index contributed by atoms with van der Waals surface area (Å²) in [6.45, 7) is 1.42. The first-order valence-corrected chi connectivity index (χ1v) is 6.59. The molecular weight excluding hydrogens is 289 g/mol. The first-order valence-electron chi connectivity index (χ1n) is 4.46. The van der Waals surface area contributed by atoms with Crippen LogP contribution < -0.4 is 5.32 Å². The first-order chi connectivity index (χ1) is 7.49. The lowest BCUT2D eigenvalue weighted by atomic mass is 10.4. The molecule has 0 aliphatic carbocycles. The number of carbonyl (C=O) groups is 1. The van der Waals surface area contributed by atoms with E-state index in [1.807, 2.05) is 12.1 Å². The molecule has 0 spiro atoms. The molecule has 6 heteroatoms. The summed E-state index contributed by atoms with van der Waals surface area (Å²) in [5.74, 6) is -0.169. The molecule has 0 radical (unpaired) electrons. The first kappa shape index (κ1) is 14.0. The van der Waals surface area contributed by atoms with Crippen LogP contribution in [0.25, 0.3) is 0 Å². The van der Waals surface area contributed by atoms with Gasteiger partial charge in [0, 0.05) is 16.8 Å². The fourth-order valence-electron chi connectivity index (χ4n) is 1.00. The Labute approximate surface area is 114 Å². The third kappa shape index (κ3) is 4.83. The second-order valence-corrected chi connectivity index (χ2v) is 5.84. The number of hydrogen-bond donors (Lipinski definition) is 1. The molecule has 0 saturated heterocycles. The van der Waals surface area contributed by atoms with Crippen molar-refractivity contribution in [2.75, 3.05) is 0 Å². The zero-order chi connectivity index (χ0) is 12.1. The number of alkyl halides is 2. The number of hydrogen-bond acceptors (Lipinski definition) is 2. The van der Waals surface area contributed by atoms with Gasteiger partial charge in [0.05, 0.1) is 0 Å². The summed E-state index contributed by atoms with van der Waals surface area (Å²) in [5, 5.41) is 2.96. The largest absolute Gasteiger partial charge is 0.342 e. The maximum absolute atomic E-state index is 10.9. The molecule has 0 saturated carbocycles. The summed E-state index contributed by atoms with van der Waals surface area (Å²) in [7, 11) is 0. The SMILES string of the molecule is CC(=O)NC(Sc1ccc(Cl)cc1)C(Cl)Cl. The topological polar surface area (TPSA) is 29.1 Å². The van der Waals surface area contributed by atoms with Crippen LogP contribution >= 0.6 is 46.6 Å². The Morgan fingerprint density at radius 3 is 2.31 bits per heavy atom. The number of carbonyl (C=O) groups excluding carboxylic acids is 1. The van der Waals surface area contributed by atoms with Gasteiger partial charge in [-0.05, 0) is 24.3 Å². The molecule has 0 aromatic heterocycles. The monoisotopic (exact) mass is 297 g/mol. The van der Waals surface area contributed by atoms with Crippen molar-refractivity contribution in [1.29, 1.82) is 0 Å². The van der Waals surface area contributed by atoms with E-state index in [9.17, 15) is 4.79 Å². The van der Waals surface area contributed by atoms with E-state index in [1.165, 1.54) is 18.7 Å². The number of nitrogens with one attached hydrogen (secondary N) is 1. The summed E-state index contributed by atoms with van der Waals surface area (Å²) in [6.07, 6.45) is 0. The summed E-state index contributed by atoms with van der Waals surface area (Å²) in [5.41, 5.74) is 0. The summed E-state index contributed by atoms with van der Waals surface area (Å²) < 4.78 is 0. The van der Waals surface area contributed by atoms with Crippen LogP contribution in [0.2, 0.25) is 5.02 Å². The lowest BCUT2D eigenvalue weighted by Gasteiger charge is -2.18. The van der Waals surface area contributed by atoms with Gasteiger partial charge in [0.2, 0.25) is 5.91 Å². The smallest absolute Gasteiger partial charge is 0.217 e. The highest BCUT2D eigenvalue weighted by molar-refractivity contribution is 8.00. The second-order valence-electron chi connectivity index (χ2n) is 3.03. The number of benzene rings is 1. The van der Waals surface area contributed by atoms with Gasteiger partial charge >= 0.3 is 0 Å². The molecule has 1 rings (SSSR count). The molecule has 1 amide bonds. The number of halogens is 3. The molecule has 0 aliphatic heterocycles. The number of amides is 1. The lowest BCUT2D eigenvalue weighted by Crippen LogP contribution is -2.35. The lowest BCUT2D eigenvalue weighted by molar-refractivity contribution is -0.119. The maximum Gasteiger partial charge on any atom is 0.217 e. The molecule has 1 unspecified atom stereocenters. The van der Waals surface area contributed by atoms with Gasteiger partial charge in [0.25, 0.3) is 0 Å². The average molecular weight is 299 g/mol. The Morgan fingerprint density at radius 1 is 1.31 bits per heavy atom. The molecule has 0 heterocycles. The van der Waals surface area contributed by atoms with Crippen LogP contribution in [0.5, 0.6) is 0 Å². The summed E-state index contributed by atoms with van der Waals surface area (Å²) >= 11 is 18.7. The molecule has 1 atom stereocenters. The van der Waals surface area contributed by atoms with Gasteiger partial charge in [0.1, 0.15) is 10.2 Å². The van der Waals surface area contributed by atoms with Crippen molar-refractivity contribution in [1.82, 2.24) is 5.32 Å². The molecule has 1 N–H and O–H groups in total. The predicted molar refractivity (Wildman–Crippen MR) is 70.4 cm³/mol. The molecule has 2 nitrogen and oxygen atoms in total. The van der Waals surface area contributed by atoms with Crippen molar-refractivity contribution < 1.29 is 4.79 Å².